The Labute approximate surface area is 123 Å². The van der Waals surface area contributed by atoms with Gasteiger partial charge in [0.05, 0.1) is 13.7 Å². The van der Waals surface area contributed by atoms with Gasteiger partial charge in [0.1, 0.15) is 17.1 Å². The minimum atomic E-state index is -0.957. The highest BCUT2D eigenvalue weighted by Crippen LogP contribution is 2.27. The second kappa shape index (κ2) is 5.71. The lowest BCUT2D eigenvalue weighted by atomic mass is 9.92. The van der Waals surface area contributed by atoms with Crippen LogP contribution < -0.4 is 10.1 Å². The highest BCUT2D eigenvalue weighted by Gasteiger charge is 2.44. The zero-order valence-electron chi connectivity index (χ0n) is 12.4. The summed E-state index contributed by atoms with van der Waals surface area (Å²) < 4.78 is 19.0. The van der Waals surface area contributed by atoms with Crippen molar-refractivity contribution < 1.29 is 18.7 Å². The van der Waals surface area contributed by atoms with E-state index in [-0.39, 0.29) is 24.9 Å². The van der Waals surface area contributed by atoms with Crippen LogP contribution in [0.3, 0.4) is 0 Å². The highest BCUT2D eigenvalue weighted by molar-refractivity contribution is 5.97. The molecule has 1 saturated heterocycles. The molecular weight excluding hydrogens is 275 g/mol. The Morgan fingerprint density at radius 1 is 1.43 bits per heavy atom. The molecule has 0 aliphatic carbocycles. The molecule has 0 aromatic heterocycles. The quantitative estimate of drug-likeness (QED) is 0.914. The summed E-state index contributed by atoms with van der Waals surface area (Å²) in [6.07, 6.45) is 0.461. The van der Waals surface area contributed by atoms with Gasteiger partial charge in [-0.2, -0.15) is 0 Å². The lowest BCUT2D eigenvalue weighted by molar-refractivity contribution is -0.153. The van der Waals surface area contributed by atoms with Crippen molar-refractivity contribution in [2.75, 3.05) is 13.7 Å². The van der Waals surface area contributed by atoms with Gasteiger partial charge in [0.25, 0.3) is 0 Å². The highest BCUT2D eigenvalue weighted by atomic mass is 19.1. The summed E-state index contributed by atoms with van der Waals surface area (Å²) in [5.74, 6) is -0.462. The molecule has 0 spiro atoms. The summed E-state index contributed by atoms with van der Waals surface area (Å²) in [5, 5.41) is 2.58. The second-order valence-corrected chi connectivity index (χ2v) is 5.25. The van der Waals surface area contributed by atoms with E-state index in [1.54, 1.807) is 19.1 Å². The Morgan fingerprint density at radius 3 is 2.71 bits per heavy atom. The van der Waals surface area contributed by atoms with E-state index in [4.69, 9.17) is 4.74 Å². The molecule has 6 heteroatoms. The third-order valence-electron chi connectivity index (χ3n) is 4.06. The lowest BCUT2D eigenvalue weighted by Gasteiger charge is -2.43. The fourth-order valence-electron chi connectivity index (χ4n) is 2.41. The largest absolute Gasteiger partial charge is 0.497 e. The number of ether oxygens (including phenoxy) is 1. The number of hydrogen-bond donors (Lipinski definition) is 1. The van der Waals surface area contributed by atoms with E-state index < -0.39 is 11.4 Å². The number of rotatable bonds is 4. The molecule has 1 aliphatic heterocycles. The van der Waals surface area contributed by atoms with Crippen molar-refractivity contribution in [2.24, 2.45) is 0 Å². The van der Waals surface area contributed by atoms with E-state index in [1.807, 2.05) is 6.92 Å². The molecule has 0 saturated carbocycles. The monoisotopic (exact) mass is 294 g/mol. The van der Waals surface area contributed by atoms with E-state index >= 15 is 0 Å². The van der Waals surface area contributed by atoms with Gasteiger partial charge in [-0.05, 0) is 19.4 Å². The third kappa shape index (κ3) is 2.70. The Balaban J connectivity index is 2.31. The van der Waals surface area contributed by atoms with Gasteiger partial charge in [-0.15, -0.1) is 0 Å². The van der Waals surface area contributed by atoms with Gasteiger partial charge in [0.15, 0.2) is 0 Å². The van der Waals surface area contributed by atoms with Crippen LogP contribution in [0.25, 0.3) is 0 Å². The van der Waals surface area contributed by atoms with Gasteiger partial charge in [-0.3, -0.25) is 9.59 Å². The van der Waals surface area contributed by atoms with Crippen LogP contribution in [-0.2, 0) is 16.1 Å². The first-order valence-electron chi connectivity index (χ1n) is 6.83. The van der Waals surface area contributed by atoms with Gasteiger partial charge >= 0.3 is 0 Å². The number of methoxy groups -OCH3 is 1. The number of amides is 2. The maximum absolute atomic E-state index is 14.1. The average Bonchev–Trinajstić information content (AvgIpc) is 2.48. The van der Waals surface area contributed by atoms with E-state index in [0.29, 0.717) is 17.7 Å². The number of carbonyl (C=O) groups excluding carboxylic acids is 2. The fourth-order valence-corrected chi connectivity index (χ4v) is 2.41. The van der Waals surface area contributed by atoms with Crippen LogP contribution in [0.15, 0.2) is 18.2 Å². The maximum atomic E-state index is 14.1. The van der Waals surface area contributed by atoms with Crippen molar-refractivity contribution in [3.05, 3.63) is 29.6 Å². The molecule has 1 aromatic carbocycles. The Hall–Kier alpha value is -2.11. The SMILES string of the molecule is CCC1(C)C(=O)NCC(=O)N1Cc1ccc(OC)cc1F. The number of hydrogen-bond acceptors (Lipinski definition) is 3. The van der Waals surface area contributed by atoms with Crippen molar-refractivity contribution in [3.63, 3.8) is 0 Å². The van der Waals surface area contributed by atoms with Gasteiger partial charge in [0, 0.05) is 18.2 Å². The summed E-state index contributed by atoms with van der Waals surface area (Å²) in [4.78, 5) is 25.6. The van der Waals surface area contributed by atoms with Crippen molar-refractivity contribution in [1.82, 2.24) is 10.2 Å². The molecule has 5 nitrogen and oxygen atoms in total. The van der Waals surface area contributed by atoms with Gasteiger partial charge < -0.3 is 15.0 Å². The molecule has 1 N–H and O–H groups in total. The average molecular weight is 294 g/mol. The van der Waals surface area contributed by atoms with Crippen LogP contribution in [0.4, 0.5) is 4.39 Å². The molecule has 0 radical (unpaired) electrons. The van der Waals surface area contributed by atoms with Crippen LogP contribution in [0.2, 0.25) is 0 Å². The number of nitrogens with zero attached hydrogens (tertiary/aromatic N) is 1. The molecule has 1 fully saturated rings. The van der Waals surface area contributed by atoms with Crippen molar-refractivity contribution in [2.45, 2.75) is 32.4 Å². The molecule has 0 bridgehead atoms. The van der Waals surface area contributed by atoms with Crippen LogP contribution in [0, 0.1) is 5.82 Å². The van der Waals surface area contributed by atoms with E-state index in [1.165, 1.54) is 18.1 Å². The van der Waals surface area contributed by atoms with Crippen LogP contribution in [0.1, 0.15) is 25.8 Å². The maximum Gasteiger partial charge on any atom is 0.246 e. The molecule has 2 amide bonds. The molecule has 1 aromatic rings. The predicted octanol–water partition coefficient (Wildman–Crippen LogP) is 1.46. The number of nitrogens with one attached hydrogen (secondary N) is 1. The van der Waals surface area contributed by atoms with Crippen LogP contribution >= 0.6 is 0 Å². The number of benzene rings is 1. The first kappa shape index (κ1) is 15.3. The number of halogens is 1. The first-order chi connectivity index (χ1) is 9.92. The third-order valence-corrected chi connectivity index (χ3v) is 4.06. The lowest BCUT2D eigenvalue weighted by Crippen LogP contribution is -2.65. The molecule has 1 aliphatic rings. The molecule has 1 atom stereocenters. The minimum absolute atomic E-state index is 0.0494. The van der Waals surface area contributed by atoms with Crippen LogP contribution in [-0.4, -0.2) is 35.9 Å². The molecule has 2 rings (SSSR count). The normalized spacial score (nSPS) is 22.2. The van der Waals surface area contributed by atoms with E-state index in [9.17, 15) is 14.0 Å². The molecule has 1 unspecified atom stereocenters. The molecular formula is C15H19FN2O3. The molecule has 1 heterocycles. The summed E-state index contributed by atoms with van der Waals surface area (Å²) in [6, 6.07) is 4.48. The Kier molecular flexibility index (Phi) is 4.16. The van der Waals surface area contributed by atoms with Crippen molar-refractivity contribution in [1.29, 1.82) is 0 Å². The van der Waals surface area contributed by atoms with Gasteiger partial charge in [-0.1, -0.05) is 13.0 Å². The summed E-state index contributed by atoms with van der Waals surface area (Å²) in [7, 11) is 1.46. The molecule has 21 heavy (non-hydrogen) atoms. The summed E-state index contributed by atoms with van der Waals surface area (Å²) in [5.41, 5.74) is -0.597. The molecule has 114 valence electrons. The van der Waals surface area contributed by atoms with Gasteiger partial charge in [0.2, 0.25) is 11.8 Å². The van der Waals surface area contributed by atoms with Gasteiger partial charge in [-0.25, -0.2) is 4.39 Å². The second-order valence-electron chi connectivity index (χ2n) is 5.25. The number of carbonyl (C=O) groups is 2. The van der Waals surface area contributed by atoms with Crippen LogP contribution in [0.5, 0.6) is 5.75 Å². The fraction of sp³-hybridized carbons (Fsp3) is 0.467. The summed E-state index contributed by atoms with van der Waals surface area (Å²) in [6.45, 7) is 3.54. The number of piperazine rings is 1. The summed E-state index contributed by atoms with van der Waals surface area (Å²) >= 11 is 0. The zero-order valence-corrected chi connectivity index (χ0v) is 12.4. The topological polar surface area (TPSA) is 58.6 Å². The zero-order chi connectivity index (χ0) is 15.6. The van der Waals surface area contributed by atoms with E-state index in [0.717, 1.165) is 0 Å². The standard InChI is InChI=1S/C15H19FN2O3/c1-4-15(2)14(20)17-8-13(19)18(15)9-10-5-6-11(21-3)7-12(10)16/h5-7H,4,8-9H2,1-3H3,(H,17,20). The smallest absolute Gasteiger partial charge is 0.246 e. The van der Waals surface area contributed by atoms with Crippen molar-refractivity contribution in [3.8, 4) is 5.75 Å². The minimum Gasteiger partial charge on any atom is -0.497 e. The Bertz CT molecular complexity index is 576. The Morgan fingerprint density at radius 2 is 2.14 bits per heavy atom. The first-order valence-corrected chi connectivity index (χ1v) is 6.83. The van der Waals surface area contributed by atoms with Crippen molar-refractivity contribution >= 4 is 11.8 Å². The van der Waals surface area contributed by atoms with E-state index in [2.05, 4.69) is 5.32 Å². The predicted molar refractivity (Wildman–Crippen MR) is 75.2 cm³/mol.